The van der Waals surface area contributed by atoms with Crippen LogP contribution in [-0.4, -0.2) is 14.8 Å². The monoisotopic (exact) mass is 389 g/mol. The Morgan fingerprint density at radius 3 is 2.56 bits per heavy atom. The molecule has 3 nitrogen and oxygen atoms in total. The Labute approximate surface area is 153 Å². The first-order valence-corrected chi connectivity index (χ1v) is 9.09. The molecule has 0 radical (unpaired) electrons. The van der Waals surface area contributed by atoms with Gasteiger partial charge in [0.05, 0.1) is 16.6 Å². The number of aromatic nitrogens is 3. The summed E-state index contributed by atoms with van der Waals surface area (Å²) >= 11 is 3.80. The zero-order valence-corrected chi connectivity index (χ0v) is 15.8. The quantitative estimate of drug-likeness (QED) is 0.313. The third-order valence-corrected chi connectivity index (χ3v) is 5.84. The number of fused-ring (bicyclic) bond motifs is 7. The second kappa shape index (κ2) is 5.02. The Balaban J connectivity index is 2.11. The van der Waals surface area contributed by atoms with Gasteiger partial charge in [-0.3, -0.25) is 4.68 Å². The molecule has 0 atom stereocenters. The maximum Gasteiger partial charge on any atom is 0.119 e. The SMILES string of the molecule is Cc1ccc2nc3c(cc(Br)c4c5ccccc5n(C)nc34)c2c1C. The minimum Gasteiger partial charge on any atom is -0.267 e. The van der Waals surface area contributed by atoms with E-state index in [-0.39, 0.29) is 0 Å². The molecule has 0 N–H and O–H groups in total. The third-order valence-electron chi connectivity index (χ3n) is 5.21. The highest BCUT2D eigenvalue weighted by molar-refractivity contribution is 9.10. The van der Waals surface area contributed by atoms with Crippen molar-refractivity contribution in [1.82, 2.24) is 14.8 Å². The van der Waals surface area contributed by atoms with Gasteiger partial charge in [0.25, 0.3) is 0 Å². The zero-order chi connectivity index (χ0) is 17.3. The number of aryl methyl sites for hydroxylation is 3. The molecule has 0 spiro atoms. The van der Waals surface area contributed by atoms with Crippen LogP contribution in [-0.2, 0) is 7.05 Å². The summed E-state index contributed by atoms with van der Waals surface area (Å²) in [7, 11) is 1.99. The van der Waals surface area contributed by atoms with Crippen LogP contribution in [0.1, 0.15) is 11.1 Å². The number of hydrogen-bond donors (Lipinski definition) is 0. The fraction of sp³-hybridized carbons (Fsp3) is 0.143. The Kier molecular flexibility index (Phi) is 2.98. The van der Waals surface area contributed by atoms with E-state index in [1.54, 1.807) is 0 Å². The summed E-state index contributed by atoms with van der Waals surface area (Å²) in [6.45, 7) is 4.32. The third kappa shape index (κ3) is 1.91. The molecule has 5 aromatic rings. The lowest BCUT2D eigenvalue weighted by molar-refractivity contribution is 0.797. The normalized spacial score (nSPS) is 12.0. The van der Waals surface area contributed by atoms with Gasteiger partial charge in [-0.2, -0.15) is 5.10 Å². The molecule has 0 aliphatic carbocycles. The van der Waals surface area contributed by atoms with Crippen molar-refractivity contribution in [1.29, 1.82) is 0 Å². The Morgan fingerprint density at radius 2 is 1.72 bits per heavy atom. The molecule has 2 heterocycles. The van der Waals surface area contributed by atoms with Gasteiger partial charge in [0, 0.05) is 33.1 Å². The van der Waals surface area contributed by atoms with Crippen molar-refractivity contribution in [2.75, 3.05) is 0 Å². The molecule has 0 aliphatic heterocycles. The molecule has 3 aromatic carbocycles. The van der Waals surface area contributed by atoms with E-state index in [2.05, 4.69) is 66.2 Å². The van der Waals surface area contributed by atoms with Crippen molar-refractivity contribution < 1.29 is 0 Å². The van der Waals surface area contributed by atoms with E-state index in [1.165, 1.54) is 27.3 Å². The molecule has 0 bridgehead atoms. The Bertz CT molecular complexity index is 1330. The number of para-hydroxylation sites is 1. The molecule has 4 heteroatoms. The predicted molar refractivity (Wildman–Crippen MR) is 108 cm³/mol. The van der Waals surface area contributed by atoms with Crippen LogP contribution in [0.15, 0.2) is 46.9 Å². The zero-order valence-electron chi connectivity index (χ0n) is 14.3. The predicted octanol–water partition coefficient (Wildman–Crippen LogP) is 5.81. The van der Waals surface area contributed by atoms with Gasteiger partial charge in [0.1, 0.15) is 5.52 Å². The molecular formula is C21H16BrN3. The first-order chi connectivity index (χ1) is 12.1. The van der Waals surface area contributed by atoms with Crippen LogP contribution < -0.4 is 0 Å². The van der Waals surface area contributed by atoms with E-state index in [9.17, 15) is 0 Å². The lowest BCUT2D eigenvalue weighted by Gasteiger charge is -2.11. The maximum absolute atomic E-state index is 4.94. The van der Waals surface area contributed by atoms with E-state index in [0.29, 0.717) is 0 Å². The molecule has 0 saturated heterocycles. The van der Waals surface area contributed by atoms with Crippen LogP contribution in [0, 0.1) is 13.8 Å². The van der Waals surface area contributed by atoms with Crippen LogP contribution in [0.25, 0.3) is 43.6 Å². The highest BCUT2D eigenvalue weighted by Crippen LogP contribution is 2.39. The summed E-state index contributed by atoms with van der Waals surface area (Å²) in [5, 5.41) is 9.57. The van der Waals surface area contributed by atoms with Crippen LogP contribution in [0.5, 0.6) is 0 Å². The second-order valence-corrected chi connectivity index (χ2v) is 7.49. The standard InChI is InChI=1S/C21H16BrN3/c1-11-8-9-16-18(12(11)2)14-10-15(22)19-13-6-4-5-7-17(13)25(3)24-21(19)20(14)23-16/h4-10H,1-3H3. The molecule has 25 heavy (non-hydrogen) atoms. The molecule has 0 saturated carbocycles. The molecule has 0 aliphatic rings. The van der Waals surface area contributed by atoms with Crippen LogP contribution in [0.2, 0.25) is 0 Å². The highest BCUT2D eigenvalue weighted by Gasteiger charge is 2.17. The van der Waals surface area contributed by atoms with E-state index in [4.69, 9.17) is 10.1 Å². The van der Waals surface area contributed by atoms with Gasteiger partial charge in [0.2, 0.25) is 0 Å². The van der Waals surface area contributed by atoms with Gasteiger partial charge in [-0.05, 0) is 43.2 Å². The molecule has 0 unspecified atom stereocenters. The van der Waals surface area contributed by atoms with Crippen molar-refractivity contribution >= 4 is 59.5 Å². The highest BCUT2D eigenvalue weighted by atomic mass is 79.9. The van der Waals surface area contributed by atoms with Crippen molar-refractivity contribution in [3.63, 3.8) is 0 Å². The minimum absolute atomic E-state index is 0.943. The summed E-state index contributed by atoms with van der Waals surface area (Å²) in [6.07, 6.45) is 0. The van der Waals surface area contributed by atoms with Crippen LogP contribution in [0.3, 0.4) is 0 Å². The lowest BCUT2D eigenvalue weighted by Crippen LogP contribution is -2.00. The maximum atomic E-state index is 4.94. The molecule has 0 fully saturated rings. The van der Waals surface area contributed by atoms with Gasteiger partial charge in [-0.15, -0.1) is 0 Å². The van der Waals surface area contributed by atoms with Gasteiger partial charge >= 0.3 is 0 Å². The van der Waals surface area contributed by atoms with Gasteiger partial charge in [-0.25, -0.2) is 4.98 Å². The van der Waals surface area contributed by atoms with Gasteiger partial charge in [-0.1, -0.05) is 40.2 Å². The van der Waals surface area contributed by atoms with E-state index in [1.807, 2.05) is 17.8 Å². The van der Waals surface area contributed by atoms with E-state index < -0.39 is 0 Å². The smallest absolute Gasteiger partial charge is 0.119 e. The van der Waals surface area contributed by atoms with Crippen molar-refractivity contribution in [3.8, 4) is 0 Å². The first kappa shape index (κ1) is 14.8. The number of benzene rings is 3. The van der Waals surface area contributed by atoms with E-state index in [0.717, 1.165) is 31.9 Å². The van der Waals surface area contributed by atoms with Crippen LogP contribution >= 0.6 is 15.9 Å². The minimum atomic E-state index is 0.943. The Morgan fingerprint density at radius 1 is 0.920 bits per heavy atom. The van der Waals surface area contributed by atoms with Gasteiger partial charge in [0.15, 0.2) is 0 Å². The van der Waals surface area contributed by atoms with E-state index >= 15 is 0 Å². The first-order valence-electron chi connectivity index (χ1n) is 8.30. The van der Waals surface area contributed by atoms with Crippen molar-refractivity contribution in [3.05, 3.63) is 58.1 Å². The topological polar surface area (TPSA) is 30.7 Å². The summed E-state index contributed by atoms with van der Waals surface area (Å²) in [5.41, 5.74) is 6.64. The fourth-order valence-electron chi connectivity index (χ4n) is 3.81. The van der Waals surface area contributed by atoms with Crippen molar-refractivity contribution in [2.45, 2.75) is 13.8 Å². The fourth-order valence-corrected chi connectivity index (χ4v) is 4.44. The van der Waals surface area contributed by atoms with Crippen molar-refractivity contribution in [2.24, 2.45) is 7.05 Å². The molecule has 0 amide bonds. The second-order valence-electron chi connectivity index (χ2n) is 6.63. The summed E-state index contributed by atoms with van der Waals surface area (Å²) < 4.78 is 3.01. The average Bonchev–Trinajstić information content (AvgIpc) is 2.97. The number of rotatable bonds is 0. The summed E-state index contributed by atoms with van der Waals surface area (Å²) in [5.74, 6) is 0. The van der Waals surface area contributed by atoms with Gasteiger partial charge < -0.3 is 0 Å². The summed E-state index contributed by atoms with van der Waals surface area (Å²) in [6, 6.07) is 14.8. The molecule has 122 valence electrons. The number of hydrogen-bond acceptors (Lipinski definition) is 2. The summed E-state index contributed by atoms with van der Waals surface area (Å²) in [4.78, 5) is 4.94. The molecule has 5 rings (SSSR count). The average molecular weight is 390 g/mol. The largest absolute Gasteiger partial charge is 0.267 e. The van der Waals surface area contributed by atoms with Crippen LogP contribution in [0.4, 0.5) is 0 Å². The Hall–Kier alpha value is -2.46. The number of halogens is 1. The molecule has 2 aromatic heterocycles. The molecular weight excluding hydrogens is 374 g/mol. The number of nitrogens with zero attached hydrogens (tertiary/aromatic N) is 3. The lowest BCUT2D eigenvalue weighted by atomic mass is 10.0.